The third-order valence-electron chi connectivity index (χ3n) is 5.88. The Morgan fingerprint density at radius 2 is 1.93 bits per heavy atom. The molecule has 3 rings (SSSR count). The summed E-state index contributed by atoms with van der Waals surface area (Å²) in [6, 6.07) is 10.0. The number of alkyl halides is 1. The minimum absolute atomic E-state index is 0.0788. The molecular weight excluding hydrogens is 546 g/mol. The van der Waals surface area contributed by atoms with Crippen LogP contribution < -0.4 is 0 Å². The number of halogens is 1. The van der Waals surface area contributed by atoms with Crippen LogP contribution in [0, 0.1) is 5.92 Å². The van der Waals surface area contributed by atoms with Crippen LogP contribution in [-0.2, 0) is 9.22 Å². The van der Waals surface area contributed by atoms with E-state index in [4.69, 9.17) is 9.42 Å². The van der Waals surface area contributed by atoms with Crippen LogP contribution in [-0.4, -0.2) is 55.4 Å². The van der Waals surface area contributed by atoms with Gasteiger partial charge in [-0.1, -0.05) is 0 Å². The number of amidine groups is 1. The van der Waals surface area contributed by atoms with E-state index in [-0.39, 0.29) is 44.0 Å². The molecule has 1 aromatic carbocycles. The average molecular weight is 575 g/mol. The van der Waals surface area contributed by atoms with Gasteiger partial charge in [0.05, 0.1) is 0 Å². The summed E-state index contributed by atoms with van der Waals surface area (Å²) in [6.07, 6.45) is 2.22. The van der Waals surface area contributed by atoms with E-state index in [1.165, 1.54) is 4.47 Å². The van der Waals surface area contributed by atoms with E-state index >= 15 is 0 Å². The predicted molar refractivity (Wildman–Crippen MR) is 128 cm³/mol. The summed E-state index contributed by atoms with van der Waals surface area (Å²) in [7, 11) is -1.92. The molecule has 152 valence electrons. The Morgan fingerprint density at radius 1 is 1.29 bits per heavy atom. The Bertz CT molecular complexity index is 804. The van der Waals surface area contributed by atoms with Crippen LogP contribution in [0.3, 0.4) is 0 Å². The first kappa shape index (κ1) is 22.2. The fraction of sp³-hybridized carbons (Fsp3) is 0.524. The molecule has 0 radical (unpaired) electrons. The Morgan fingerprint density at radius 3 is 2.50 bits per heavy atom. The molecule has 2 heterocycles. The Kier molecular flexibility index (Phi) is 6.62. The number of carbonyl (C=O) groups excluding carboxylic acids is 1. The quantitative estimate of drug-likeness (QED) is 0.216. The molecule has 2 aliphatic heterocycles. The second-order valence-corrected chi connectivity index (χ2v) is 16.7. The molecule has 0 saturated carbocycles. The summed E-state index contributed by atoms with van der Waals surface area (Å²) in [5.74, 6) is 0.0562. The molecule has 1 saturated heterocycles. The number of rotatable bonds is 5. The number of nitrogens with zero attached hydrogens (tertiary/aromatic N) is 2. The zero-order chi connectivity index (χ0) is 20.7. The van der Waals surface area contributed by atoms with Gasteiger partial charge in [-0.05, 0) is 0 Å². The monoisotopic (exact) mass is 576 g/mol. The first-order valence-corrected chi connectivity index (χ1v) is 15.8. The van der Waals surface area contributed by atoms with Crippen molar-refractivity contribution < 1.29 is 9.22 Å². The van der Waals surface area contributed by atoms with Crippen LogP contribution >= 0.6 is 22.6 Å². The molecule has 2 aliphatic rings. The summed E-state index contributed by atoms with van der Waals surface area (Å²) in [5, 5.41) is 0.132. The molecule has 28 heavy (non-hydrogen) atoms. The van der Waals surface area contributed by atoms with E-state index in [2.05, 4.69) is 69.5 Å². The van der Waals surface area contributed by atoms with Crippen molar-refractivity contribution in [2.45, 2.75) is 58.0 Å². The van der Waals surface area contributed by atoms with Crippen molar-refractivity contribution in [3.05, 3.63) is 40.9 Å². The van der Waals surface area contributed by atoms with Gasteiger partial charge in [0, 0.05) is 0 Å². The number of hydrogen-bond donors (Lipinski definition) is 0. The van der Waals surface area contributed by atoms with Crippen LogP contribution in [0.25, 0.3) is 0 Å². The van der Waals surface area contributed by atoms with Gasteiger partial charge in [-0.2, -0.15) is 0 Å². The number of allylic oxidation sites excluding steroid dienone is 1. The molecule has 1 amide bonds. The average Bonchev–Trinajstić information content (AvgIpc) is 2.60. The van der Waals surface area contributed by atoms with Crippen molar-refractivity contribution in [1.29, 1.82) is 0 Å². The van der Waals surface area contributed by atoms with Gasteiger partial charge in [0.25, 0.3) is 0 Å². The van der Waals surface area contributed by atoms with Crippen LogP contribution in [0.2, 0.25) is 18.1 Å². The number of fused-ring (bicyclic) bond motifs is 1. The summed E-state index contributed by atoms with van der Waals surface area (Å²) in [5.41, 5.74) is 0.912. The summed E-state index contributed by atoms with van der Waals surface area (Å²) >= 11 is 2.51. The van der Waals surface area contributed by atoms with Crippen molar-refractivity contribution in [3.8, 4) is 0 Å². The normalized spacial score (nSPS) is 25.2. The topological polar surface area (TPSA) is 41.9 Å². The summed E-state index contributed by atoms with van der Waals surface area (Å²) in [6.45, 7) is 13.3. The van der Waals surface area contributed by atoms with Crippen LogP contribution in [0.5, 0.6) is 0 Å². The molecule has 1 aromatic rings. The van der Waals surface area contributed by atoms with Crippen molar-refractivity contribution in [3.63, 3.8) is 0 Å². The maximum absolute atomic E-state index is 13.1. The SMILES string of the molecule is C[C@@H](O[Si](C)(C)C(C)(C)C)[C@H]1C(=O)N2C(=Nc3ccccc3)[Se]C(CI)=C[C@H]12. The molecule has 0 N–H and O–H groups in total. The molecule has 4 nitrogen and oxygen atoms in total. The maximum atomic E-state index is 13.1. The van der Waals surface area contributed by atoms with Gasteiger partial charge in [-0.15, -0.1) is 0 Å². The number of carbonyl (C=O) groups is 1. The summed E-state index contributed by atoms with van der Waals surface area (Å²) < 4.78 is 9.89. The van der Waals surface area contributed by atoms with Crippen molar-refractivity contribution in [2.75, 3.05) is 4.43 Å². The summed E-state index contributed by atoms with van der Waals surface area (Å²) in [4.78, 5) is 19.9. The number of β-lactam (4-membered cyclic amide) rings is 1. The van der Waals surface area contributed by atoms with Crippen LogP contribution in [0.4, 0.5) is 5.69 Å². The Balaban J connectivity index is 1.85. The second-order valence-electron chi connectivity index (χ2n) is 8.91. The van der Waals surface area contributed by atoms with E-state index in [9.17, 15) is 4.79 Å². The third-order valence-corrected chi connectivity index (χ3v) is 14.6. The second kappa shape index (κ2) is 8.34. The molecule has 1 fully saturated rings. The molecule has 0 unspecified atom stereocenters. The first-order valence-electron chi connectivity index (χ1n) is 9.64. The van der Waals surface area contributed by atoms with E-state index in [0.717, 1.165) is 14.8 Å². The van der Waals surface area contributed by atoms with Gasteiger partial charge < -0.3 is 0 Å². The number of aliphatic imine (C=N–C) groups is 1. The molecule has 0 aliphatic carbocycles. The fourth-order valence-electron chi connectivity index (χ4n) is 3.28. The van der Waals surface area contributed by atoms with Crippen molar-refractivity contribution >= 4 is 62.2 Å². The number of hydrogen-bond acceptors (Lipinski definition) is 3. The van der Waals surface area contributed by atoms with E-state index in [1.54, 1.807) is 0 Å². The van der Waals surface area contributed by atoms with E-state index < -0.39 is 8.32 Å². The van der Waals surface area contributed by atoms with E-state index in [0.29, 0.717) is 0 Å². The zero-order valence-corrected chi connectivity index (χ0v) is 22.3. The van der Waals surface area contributed by atoms with Crippen LogP contribution in [0.1, 0.15) is 27.7 Å². The third kappa shape index (κ3) is 4.33. The standard InChI is InChI=1S/C21H29IN2O2SeSi/c1-14(26-28(5,6)21(2,3)4)18-17-12-16(13-22)27-20(24(17)19(18)25)23-15-10-8-7-9-11-15/h7-12,14,17-18H,13H2,1-6H3/t14-,17-,18-/m1/s1. The predicted octanol–water partition coefficient (Wildman–Crippen LogP) is 4.95. The fourth-order valence-corrected chi connectivity index (χ4v) is 7.78. The first-order chi connectivity index (χ1) is 13.0. The van der Waals surface area contributed by atoms with E-state index in [1.807, 2.05) is 35.2 Å². The molecule has 0 bridgehead atoms. The van der Waals surface area contributed by atoms with Gasteiger partial charge in [-0.25, -0.2) is 0 Å². The molecule has 7 heteroatoms. The van der Waals surface area contributed by atoms with Gasteiger partial charge in [0.2, 0.25) is 0 Å². The van der Waals surface area contributed by atoms with Gasteiger partial charge >= 0.3 is 191 Å². The zero-order valence-electron chi connectivity index (χ0n) is 17.4. The molecule has 0 aromatic heterocycles. The molecular formula is C21H29IN2O2SeSi. The van der Waals surface area contributed by atoms with Gasteiger partial charge in [0.1, 0.15) is 0 Å². The van der Waals surface area contributed by atoms with Crippen molar-refractivity contribution in [2.24, 2.45) is 10.9 Å². The van der Waals surface area contributed by atoms with Crippen LogP contribution in [0.15, 0.2) is 45.9 Å². The minimum atomic E-state index is -1.92. The Hall–Kier alpha value is -0.474. The van der Waals surface area contributed by atoms with Gasteiger partial charge in [-0.3, -0.25) is 0 Å². The molecule has 0 spiro atoms. The number of para-hydroxylation sites is 1. The van der Waals surface area contributed by atoms with Gasteiger partial charge in [0.15, 0.2) is 0 Å². The Labute approximate surface area is 189 Å². The number of benzene rings is 1. The number of amides is 1. The van der Waals surface area contributed by atoms with Crippen molar-refractivity contribution in [1.82, 2.24) is 4.90 Å². The molecule has 3 atom stereocenters.